The lowest BCUT2D eigenvalue weighted by Crippen LogP contribution is -2.70. The maximum atomic E-state index is 14.0. The molecular formula is C16H14F15NO4S. The number of nitrogens with zero attached hydrogens (tertiary/aromatic N) is 1. The molecule has 218 valence electrons. The summed E-state index contributed by atoms with van der Waals surface area (Å²) >= 11 is 0. The maximum absolute atomic E-state index is 14.0. The molecule has 0 saturated heterocycles. The van der Waals surface area contributed by atoms with Crippen LogP contribution in [0.15, 0.2) is 23.1 Å². The predicted molar refractivity (Wildman–Crippen MR) is 92.2 cm³/mol. The van der Waals surface area contributed by atoms with Gasteiger partial charge in [0, 0.05) is 18.7 Å². The van der Waals surface area contributed by atoms with Gasteiger partial charge in [0.05, 0.1) is 0 Å². The SMILES string of the molecule is C=C(CCCN(CC)S(=O)(=O)C(F)=C(F)C(F)(F)C(F)(F)C(F)(F)C(F)(F)C(F)(F)C(F)(F)F)C(=O)O. The van der Waals surface area contributed by atoms with Crippen LogP contribution in [0.5, 0.6) is 0 Å². The summed E-state index contributed by atoms with van der Waals surface area (Å²) < 4.78 is 221. The monoisotopic (exact) mass is 601 g/mol. The largest absolute Gasteiger partial charge is 0.478 e. The fourth-order valence-electron chi connectivity index (χ4n) is 2.28. The van der Waals surface area contributed by atoms with E-state index in [1.807, 2.05) is 0 Å². The van der Waals surface area contributed by atoms with Crippen LogP contribution in [-0.2, 0) is 14.8 Å². The Morgan fingerprint density at radius 3 is 1.57 bits per heavy atom. The Labute approximate surface area is 197 Å². The number of sulfonamides is 1. The summed E-state index contributed by atoms with van der Waals surface area (Å²) in [5.74, 6) is -47.3. The highest BCUT2D eigenvalue weighted by atomic mass is 32.2. The first-order chi connectivity index (χ1) is 16.1. The lowest BCUT2D eigenvalue weighted by Gasteiger charge is -2.39. The number of carboxylic acid groups (broad SMARTS) is 1. The summed E-state index contributed by atoms with van der Waals surface area (Å²) in [6, 6.07) is 0. The van der Waals surface area contributed by atoms with Crippen LogP contribution >= 0.6 is 0 Å². The van der Waals surface area contributed by atoms with Crippen LogP contribution in [0.25, 0.3) is 0 Å². The van der Waals surface area contributed by atoms with Crippen molar-refractivity contribution in [1.29, 1.82) is 0 Å². The van der Waals surface area contributed by atoms with E-state index in [-0.39, 0.29) is 4.31 Å². The second-order valence-corrected chi connectivity index (χ2v) is 8.79. The Morgan fingerprint density at radius 1 is 0.811 bits per heavy atom. The van der Waals surface area contributed by atoms with Gasteiger partial charge in [0.2, 0.25) is 5.83 Å². The van der Waals surface area contributed by atoms with Crippen molar-refractivity contribution in [2.75, 3.05) is 13.1 Å². The van der Waals surface area contributed by atoms with Crippen LogP contribution in [0.2, 0.25) is 0 Å². The number of alkyl halides is 13. The third-order valence-electron chi connectivity index (χ3n) is 4.49. The molecule has 0 spiro atoms. The molecule has 1 N–H and O–H groups in total. The van der Waals surface area contributed by atoms with Crippen molar-refractivity contribution in [3.05, 3.63) is 23.1 Å². The summed E-state index contributed by atoms with van der Waals surface area (Å²) in [4.78, 5) is 10.6. The molecule has 0 saturated carbocycles. The number of aliphatic carboxylic acids is 1. The zero-order valence-corrected chi connectivity index (χ0v) is 18.5. The lowest BCUT2D eigenvalue weighted by atomic mass is 9.93. The molecule has 0 radical (unpaired) electrons. The highest BCUT2D eigenvalue weighted by Gasteiger charge is 2.91. The number of hydrogen-bond acceptors (Lipinski definition) is 3. The molecule has 37 heavy (non-hydrogen) atoms. The minimum atomic E-state index is -8.47. The van der Waals surface area contributed by atoms with Gasteiger partial charge in [-0.1, -0.05) is 13.5 Å². The number of allylic oxidation sites excluding steroid dienone is 1. The van der Waals surface area contributed by atoms with Crippen molar-refractivity contribution in [2.45, 2.75) is 55.6 Å². The molecule has 0 atom stereocenters. The smallest absolute Gasteiger partial charge is 0.460 e. The molecule has 0 aliphatic carbocycles. The predicted octanol–water partition coefficient (Wildman–Crippen LogP) is 5.91. The molecule has 5 nitrogen and oxygen atoms in total. The quantitative estimate of drug-likeness (QED) is 0.211. The Morgan fingerprint density at radius 2 is 1.22 bits per heavy atom. The Bertz CT molecular complexity index is 1020. The molecule has 0 aromatic carbocycles. The number of rotatable bonds is 13. The fourth-order valence-corrected chi connectivity index (χ4v) is 3.57. The van der Waals surface area contributed by atoms with Crippen LogP contribution in [0.1, 0.15) is 19.8 Å². The molecule has 0 heterocycles. The first-order valence-corrected chi connectivity index (χ1v) is 10.5. The molecule has 0 aliphatic rings. The first kappa shape index (κ1) is 34.8. The van der Waals surface area contributed by atoms with Gasteiger partial charge in [0.1, 0.15) is 0 Å². The second-order valence-electron chi connectivity index (χ2n) is 6.97. The summed E-state index contributed by atoms with van der Waals surface area (Å²) in [6.07, 6.45) is -8.92. The van der Waals surface area contributed by atoms with E-state index in [2.05, 4.69) is 6.58 Å². The van der Waals surface area contributed by atoms with Gasteiger partial charge < -0.3 is 5.11 Å². The van der Waals surface area contributed by atoms with Gasteiger partial charge in [-0.15, -0.1) is 0 Å². The number of halogens is 15. The van der Waals surface area contributed by atoms with E-state index in [0.29, 0.717) is 0 Å². The number of hydrogen-bond donors (Lipinski definition) is 1. The average Bonchev–Trinajstić information content (AvgIpc) is 2.73. The van der Waals surface area contributed by atoms with Crippen molar-refractivity contribution in [3.63, 3.8) is 0 Å². The van der Waals surface area contributed by atoms with Crippen LogP contribution in [0.3, 0.4) is 0 Å². The third kappa shape index (κ3) is 5.80. The zero-order chi connectivity index (χ0) is 30.2. The topological polar surface area (TPSA) is 74.7 Å². The Kier molecular flexibility index (Phi) is 9.90. The zero-order valence-electron chi connectivity index (χ0n) is 17.7. The van der Waals surface area contributed by atoms with Gasteiger partial charge in [-0.3, -0.25) is 0 Å². The third-order valence-corrected chi connectivity index (χ3v) is 6.24. The summed E-state index contributed by atoms with van der Waals surface area (Å²) in [5.41, 5.74) is -0.583. The van der Waals surface area contributed by atoms with Gasteiger partial charge in [-0.25, -0.2) is 17.6 Å². The Balaban J connectivity index is 6.58. The summed E-state index contributed by atoms with van der Waals surface area (Å²) in [5, 5.41) is 4.58. The normalized spacial score (nSPS) is 15.6. The summed E-state index contributed by atoms with van der Waals surface area (Å²) in [7, 11) is -6.32. The van der Waals surface area contributed by atoms with Crippen molar-refractivity contribution in [1.82, 2.24) is 4.31 Å². The average molecular weight is 601 g/mol. The van der Waals surface area contributed by atoms with Crippen molar-refractivity contribution in [3.8, 4) is 0 Å². The molecule has 0 aliphatic heterocycles. The first-order valence-electron chi connectivity index (χ1n) is 9.03. The van der Waals surface area contributed by atoms with Crippen molar-refractivity contribution in [2.24, 2.45) is 0 Å². The van der Waals surface area contributed by atoms with Gasteiger partial charge in [-0.2, -0.15) is 65.8 Å². The molecule has 0 bridgehead atoms. The minimum Gasteiger partial charge on any atom is -0.478 e. The van der Waals surface area contributed by atoms with E-state index < -0.39 is 94.3 Å². The number of carbonyl (C=O) groups is 1. The highest BCUT2D eigenvalue weighted by Crippen LogP contribution is 2.61. The molecule has 21 heteroatoms. The molecule has 0 aromatic rings. The molecule has 0 amide bonds. The Hall–Kier alpha value is -2.19. The molecule has 0 aromatic heterocycles. The van der Waals surface area contributed by atoms with E-state index in [0.717, 1.165) is 6.92 Å². The van der Waals surface area contributed by atoms with Crippen LogP contribution in [0, 0.1) is 0 Å². The van der Waals surface area contributed by atoms with E-state index in [1.165, 1.54) is 0 Å². The molecule has 0 unspecified atom stereocenters. The fraction of sp³-hybridized carbons (Fsp3) is 0.688. The van der Waals surface area contributed by atoms with Gasteiger partial charge in [0.25, 0.3) is 15.2 Å². The van der Waals surface area contributed by atoms with Crippen LogP contribution < -0.4 is 0 Å². The molecule has 0 fully saturated rings. The van der Waals surface area contributed by atoms with Crippen molar-refractivity contribution >= 4 is 16.0 Å². The highest BCUT2D eigenvalue weighted by molar-refractivity contribution is 7.92. The van der Waals surface area contributed by atoms with Gasteiger partial charge in [-0.05, 0) is 12.8 Å². The van der Waals surface area contributed by atoms with Crippen molar-refractivity contribution < 1.29 is 84.2 Å². The van der Waals surface area contributed by atoms with Crippen LogP contribution in [-0.4, -0.2) is 72.7 Å². The molecule has 0 rings (SSSR count). The van der Waals surface area contributed by atoms with Gasteiger partial charge in [0.15, 0.2) is 0 Å². The number of carboxylic acids is 1. The molecular weight excluding hydrogens is 587 g/mol. The standard InChI is InChI=1S/C16H14F15NO4S/c1-3-32(6-4-5-7(2)10(33)34)37(35,36)9(18)8(17)11(19,20)12(21,22)13(23,24)14(25,26)15(27,28)16(29,30)31/h2-6H2,1H3,(H,33,34). The minimum absolute atomic E-state index is 0.337. The van der Waals surface area contributed by atoms with E-state index in [4.69, 9.17) is 5.11 Å². The van der Waals surface area contributed by atoms with E-state index in [9.17, 15) is 79.1 Å². The maximum Gasteiger partial charge on any atom is 0.460 e. The van der Waals surface area contributed by atoms with E-state index in [1.54, 1.807) is 0 Å². The van der Waals surface area contributed by atoms with Gasteiger partial charge >= 0.3 is 41.8 Å². The lowest BCUT2D eigenvalue weighted by molar-refractivity contribution is -0.437. The van der Waals surface area contributed by atoms with E-state index >= 15 is 0 Å². The van der Waals surface area contributed by atoms with Crippen LogP contribution in [0.4, 0.5) is 65.9 Å². The summed E-state index contributed by atoms with van der Waals surface area (Å²) in [6.45, 7) is 1.70. The second kappa shape index (κ2) is 10.5.